The van der Waals surface area contributed by atoms with Gasteiger partial charge in [-0.3, -0.25) is 14.5 Å². The predicted octanol–water partition coefficient (Wildman–Crippen LogP) is 7.32. The first-order chi connectivity index (χ1) is 13.8. The molecular formula is C20H13Br2Cl2NO3S. The molecule has 2 aromatic carbocycles. The molecule has 0 spiro atoms. The fourth-order valence-corrected chi connectivity index (χ4v) is 5.38. The van der Waals surface area contributed by atoms with E-state index in [0.717, 1.165) is 22.2 Å². The molecule has 0 radical (unpaired) electrons. The lowest BCUT2D eigenvalue weighted by Crippen LogP contribution is -2.27. The van der Waals surface area contributed by atoms with Gasteiger partial charge < -0.3 is 4.74 Å². The highest BCUT2D eigenvalue weighted by atomic mass is 79.9. The van der Waals surface area contributed by atoms with Crippen molar-refractivity contribution < 1.29 is 14.3 Å². The van der Waals surface area contributed by atoms with E-state index in [9.17, 15) is 9.59 Å². The maximum Gasteiger partial charge on any atom is 0.293 e. The van der Waals surface area contributed by atoms with E-state index in [1.165, 1.54) is 0 Å². The maximum absolute atomic E-state index is 12.8. The highest BCUT2D eigenvalue weighted by Crippen LogP contribution is 2.38. The van der Waals surface area contributed by atoms with Crippen molar-refractivity contribution in [2.24, 2.45) is 0 Å². The van der Waals surface area contributed by atoms with E-state index in [2.05, 4.69) is 38.4 Å². The number of rotatable bonds is 6. The van der Waals surface area contributed by atoms with Crippen molar-refractivity contribution in [1.29, 1.82) is 0 Å². The standard InChI is InChI=1S/C20H13Br2Cl2NO3S/c1-2-6-28-18-13(21)7-11(8-14(18)22)9-17-19(26)25(20(27)29-17)10-12-15(23)4-3-5-16(12)24/h2-5,7-9H,1,6,10H2/b17-9-. The summed E-state index contributed by atoms with van der Waals surface area (Å²) in [5.74, 6) is 0.235. The van der Waals surface area contributed by atoms with Gasteiger partial charge in [-0.25, -0.2) is 0 Å². The number of imide groups is 1. The molecule has 0 saturated carbocycles. The fraction of sp³-hybridized carbons (Fsp3) is 0.100. The summed E-state index contributed by atoms with van der Waals surface area (Å²) < 4.78 is 7.01. The molecule has 4 nitrogen and oxygen atoms in total. The molecule has 0 aliphatic carbocycles. The minimum Gasteiger partial charge on any atom is -0.487 e. The van der Waals surface area contributed by atoms with Gasteiger partial charge in [0.15, 0.2) is 0 Å². The molecule has 1 aliphatic rings. The van der Waals surface area contributed by atoms with Gasteiger partial charge in [0, 0.05) is 15.6 Å². The van der Waals surface area contributed by atoms with E-state index in [4.69, 9.17) is 27.9 Å². The Hall–Kier alpha value is -1.25. The van der Waals surface area contributed by atoms with Gasteiger partial charge in [-0.05, 0) is 79.5 Å². The van der Waals surface area contributed by atoms with E-state index in [1.54, 1.807) is 30.4 Å². The van der Waals surface area contributed by atoms with Gasteiger partial charge in [-0.1, -0.05) is 41.9 Å². The lowest BCUT2D eigenvalue weighted by atomic mass is 10.2. The molecule has 0 bridgehead atoms. The summed E-state index contributed by atoms with van der Waals surface area (Å²) in [5.41, 5.74) is 1.27. The average Bonchev–Trinajstić information content (AvgIpc) is 2.91. The smallest absolute Gasteiger partial charge is 0.293 e. The van der Waals surface area contributed by atoms with Gasteiger partial charge in [0.1, 0.15) is 12.4 Å². The summed E-state index contributed by atoms with van der Waals surface area (Å²) in [4.78, 5) is 26.7. The van der Waals surface area contributed by atoms with Crippen LogP contribution in [0.1, 0.15) is 11.1 Å². The molecule has 1 aliphatic heterocycles. The van der Waals surface area contributed by atoms with Crippen LogP contribution in [0.2, 0.25) is 10.0 Å². The van der Waals surface area contributed by atoms with E-state index >= 15 is 0 Å². The van der Waals surface area contributed by atoms with Crippen LogP contribution in [0.15, 0.2) is 56.8 Å². The number of thioether (sulfide) groups is 1. The third kappa shape index (κ3) is 5.09. The molecule has 0 aromatic heterocycles. The Balaban J connectivity index is 1.86. The lowest BCUT2D eigenvalue weighted by Gasteiger charge is -2.14. The highest BCUT2D eigenvalue weighted by Gasteiger charge is 2.35. The second kappa shape index (κ2) is 9.71. The van der Waals surface area contributed by atoms with Gasteiger partial charge in [0.2, 0.25) is 0 Å². The molecule has 150 valence electrons. The van der Waals surface area contributed by atoms with E-state index in [1.807, 2.05) is 12.1 Å². The van der Waals surface area contributed by atoms with Crippen LogP contribution < -0.4 is 4.74 Å². The van der Waals surface area contributed by atoms with Crippen LogP contribution in [0.3, 0.4) is 0 Å². The molecule has 2 aromatic rings. The van der Waals surface area contributed by atoms with Gasteiger partial charge in [-0.2, -0.15) is 0 Å². The molecule has 1 heterocycles. The van der Waals surface area contributed by atoms with Crippen LogP contribution in [0.25, 0.3) is 6.08 Å². The summed E-state index contributed by atoms with van der Waals surface area (Å²) in [6, 6.07) is 8.66. The fourth-order valence-electron chi connectivity index (χ4n) is 2.57. The third-order valence-electron chi connectivity index (χ3n) is 3.92. The molecule has 0 unspecified atom stereocenters. The zero-order valence-electron chi connectivity index (χ0n) is 14.8. The molecule has 2 amide bonds. The quantitative estimate of drug-likeness (QED) is 0.267. The van der Waals surface area contributed by atoms with Gasteiger partial charge in [-0.15, -0.1) is 0 Å². The first-order valence-corrected chi connectivity index (χ1v) is 11.4. The lowest BCUT2D eigenvalue weighted by molar-refractivity contribution is -0.123. The van der Waals surface area contributed by atoms with Crippen LogP contribution in [0.5, 0.6) is 5.75 Å². The van der Waals surface area contributed by atoms with E-state index in [0.29, 0.717) is 41.8 Å². The van der Waals surface area contributed by atoms with Crippen LogP contribution >= 0.6 is 66.8 Å². The number of ether oxygens (including phenoxy) is 1. The predicted molar refractivity (Wildman–Crippen MR) is 126 cm³/mol. The summed E-state index contributed by atoms with van der Waals surface area (Å²) >= 11 is 20.1. The van der Waals surface area contributed by atoms with Crippen LogP contribution in [0.4, 0.5) is 4.79 Å². The zero-order chi connectivity index (χ0) is 21.1. The van der Waals surface area contributed by atoms with Crippen LogP contribution in [-0.2, 0) is 11.3 Å². The maximum atomic E-state index is 12.8. The highest BCUT2D eigenvalue weighted by molar-refractivity contribution is 9.11. The molecule has 1 saturated heterocycles. The Morgan fingerprint density at radius 1 is 1.14 bits per heavy atom. The monoisotopic (exact) mass is 575 g/mol. The Bertz CT molecular complexity index is 999. The zero-order valence-corrected chi connectivity index (χ0v) is 20.3. The van der Waals surface area contributed by atoms with Crippen molar-refractivity contribution in [3.05, 3.63) is 78.0 Å². The molecular weight excluding hydrogens is 565 g/mol. The Labute approximate surface area is 199 Å². The molecule has 29 heavy (non-hydrogen) atoms. The van der Waals surface area contributed by atoms with Crippen molar-refractivity contribution in [2.45, 2.75) is 6.54 Å². The normalized spacial score (nSPS) is 15.3. The van der Waals surface area contributed by atoms with Gasteiger partial charge in [0.05, 0.1) is 20.4 Å². The molecule has 3 rings (SSSR count). The van der Waals surface area contributed by atoms with Crippen molar-refractivity contribution in [3.8, 4) is 5.75 Å². The summed E-state index contributed by atoms with van der Waals surface area (Å²) in [5, 5.41) is 0.438. The van der Waals surface area contributed by atoms with E-state index in [-0.39, 0.29) is 11.8 Å². The van der Waals surface area contributed by atoms with E-state index < -0.39 is 5.91 Å². The van der Waals surface area contributed by atoms with Gasteiger partial charge in [0.25, 0.3) is 11.1 Å². The number of carbonyl (C=O) groups excluding carboxylic acids is 2. The molecule has 9 heteroatoms. The molecule has 0 N–H and O–H groups in total. The number of hydrogen-bond donors (Lipinski definition) is 0. The second-order valence-electron chi connectivity index (χ2n) is 5.88. The molecule has 0 atom stereocenters. The third-order valence-corrected chi connectivity index (χ3v) is 6.71. The number of benzene rings is 2. The summed E-state index contributed by atoms with van der Waals surface area (Å²) in [7, 11) is 0. The second-order valence-corrected chi connectivity index (χ2v) is 9.40. The van der Waals surface area contributed by atoms with Crippen LogP contribution in [0, 0.1) is 0 Å². The topological polar surface area (TPSA) is 46.6 Å². The largest absolute Gasteiger partial charge is 0.487 e. The number of nitrogens with zero attached hydrogens (tertiary/aromatic N) is 1. The Kier molecular flexibility index (Phi) is 7.51. The average molecular weight is 578 g/mol. The number of amides is 2. The van der Waals surface area contributed by atoms with Crippen molar-refractivity contribution in [2.75, 3.05) is 6.61 Å². The van der Waals surface area contributed by atoms with Crippen molar-refractivity contribution in [3.63, 3.8) is 0 Å². The Morgan fingerprint density at radius 2 is 1.76 bits per heavy atom. The number of hydrogen-bond acceptors (Lipinski definition) is 4. The summed E-state index contributed by atoms with van der Waals surface area (Å²) in [6.45, 7) is 4.00. The Morgan fingerprint density at radius 3 is 2.34 bits per heavy atom. The van der Waals surface area contributed by atoms with Crippen LogP contribution in [-0.4, -0.2) is 22.7 Å². The van der Waals surface area contributed by atoms with Crippen molar-refractivity contribution in [1.82, 2.24) is 4.90 Å². The minimum absolute atomic E-state index is 0.0161. The first-order valence-electron chi connectivity index (χ1n) is 8.22. The van der Waals surface area contributed by atoms with Crippen molar-refractivity contribution >= 4 is 84.0 Å². The minimum atomic E-state index is -0.393. The first kappa shape index (κ1) is 22.4. The SMILES string of the molecule is C=CCOc1c(Br)cc(/C=C2\SC(=O)N(Cc3c(Cl)cccc3Cl)C2=O)cc1Br. The van der Waals surface area contributed by atoms with Gasteiger partial charge >= 0.3 is 0 Å². The number of carbonyl (C=O) groups is 2. The molecule has 1 fully saturated rings. The summed E-state index contributed by atoms with van der Waals surface area (Å²) in [6.07, 6.45) is 3.31. The number of halogens is 4.